The highest BCUT2D eigenvalue weighted by molar-refractivity contribution is 7.09. The molecule has 0 atom stereocenters. The standard InChI is InChI=1S/C17H19F3N4O2S/c1-11-10-27-16(21-11)7-14(25)22-23-15(26)9-24(2)8-12-5-3-4-6-13(12)17(18,19)20/h3-6,10H,7-9H2,1-2H3,(H,22,25)(H,23,26). The van der Waals surface area contributed by atoms with Crippen molar-refractivity contribution < 1.29 is 22.8 Å². The molecule has 0 saturated carbocycles. The summed E-state index contributed by atoms with van der Waals surface area (Å²) in [6, 6.07) is 5.20. The van der Waals surface area contributed by atoms with Crippen LogP contribution in [0.4, 0.5) is 13.2 Å². The molecule has 0 saturated heterocycles. The summed E-state index contributed by atoms with van der Waals surface area (Å²) in [5, 5.41) is 2.44. The minimum atomic E-state index is -4.46. The van der Waals surface area contributed by atoms with E-state index in [4.69, 9.17) is 0 Å². The van der Waals surface area contributed by atoms with Crippen molar-refractivity contribution >= 4 is 23.2 Å². The number of likely N-dealkylation sites (N-methyl/N-ethyl adjacent to an activating group) is 1. The topological polar surface area (TPSA) is 74.3 Å². The van der Waals surface area contributed by atoms with Crippen LogP contribution in [-0.4, -0.2) is 35.3 Å². The molecule has 6 nitrogen and oxygen atoms in total. The number of aryl methyl sites for hydroxylation is 1. The number of halogens is 3. The average Bonchev–Trinajstić information content (AvgIpc) is 2.97. The molecule has 1 aromatic heterocycles. The van der Waals surface area contributed by atoms with Crippen LogP contribution in [0.25, 0.3) is 0 Å². The highest BCUT2D eigenvalue weighted by atomic mass is 32.1. The van der Waals surface area contributed by atoms with E-state index >= 15 is 0 Å². The zero-order chi connectivity index (χ0) is 20.0. The van der Waals surface area contributed by atoms with Crippen LogP contribution >= 0.6 is 11.3 Å². The van der Waals surface area contributed by atoms with Gasteiger partial charge in [-0.3, -0.25) is 25.3 Å². The maximum Gasteiger partial charge on any atom is 0.416 e. The van der Waals surface area contributed by atoms with Crippen molar-refractivity contribution in [2.45, 2.75) is 26.1 Å². The summed E-state index contributed by atoms with van der Waals surface area (Å²) in [4.78, 5) is 29.2. The summed E-state index contributed by atoms with van der Waals surface area (Å²) in [7, 11) is 1.52. The fourth-order valence-electron chi connectivity index (χ4n) is 2.37. The van der Waals surface area contributed by atoms with Crippen molar-refractivity contribution in [2.24, 2.45) is 0 Å². The lowest BCUT2D eigenvalue weighted by molar-refractivity contribution is -0.138. The maximum absolute atomic E-state index is 13.0. The molecule has 0 spiro atoms. The molecule has 0 unspecified atom stereocenters. The number of alkyl halides is 3. The lowest BCUT2D eigenvalue weighted by Gasteiger charge is -2.19. The van der Waals surface area contributed by atoms with Gasteiger partial charge in [0.2, 0.25) is 5.91 Å². The Morgan fingerprint density at radius 2 is 1.85 bits per heavy atom. The lowest BCUT2D eigenvalue weighted by atomic mass is 10.1. The fourth-order valence-corrected chi connectivity index (χ4v) is 3.14. The quantitative estimate of drug-likeness (QED) is 0.730. The molecule has 0 aliphatic carbocycles. The number of hydrogen-bond acceptors (Lipinski definition) is 5. The number of thiazole rings is 1. The molecule has 0 aliphatic rings. The molecular formula is C17H19F3N4O2S. The highest BCUT2D eigenvalue weighted by Crippen LogP contribution is 2.32. The smallest absolute Gasteiger partial charge is 0.293 e. The second kappa shape index (κ2) is 8.96. The number of hydrazine groups is 1. The third-order valence-electron chi connectivity index (χ3n) is 3.50. The number of hydrogen-bond donors (Lipinski definition) is 2. The molecule has 0 radical (unpaired) electrons. The summed E-state index contributed by atoms with van der Waals surface area (Å²) >= 11 is 1.34. The molecule has 10 heteroatoms. The van der Waals surface area contributed by atoms with Gasteiger partial charge in [-0.1, -0.05) is 18.2 Å². The minimum absolute atomic E-state index is 0.0353. The molecule has 1 heterocycles. The van der Waals surface area contributed by atoms with Gasteiger partial charge in [-0.25, -0.2) is 4.98 Å². The van der Waals surface area contributed by atoms with Gasteiger partial charge in [0.25, 0.3) is 5.91 Å². The molecule has 2 rings (SSSR count). The first-order chi connectivity index (χ1) is 12.6. The Labute approximate surface area is 158 Å². The number of amides is 2. The van der Waals surface area contributed by atoms with Crippen LogP contribution in [0.15, 0.2) is 29.6 Å². The molecule has 146 valence electrons. The van der Waals surface area contributed by atoms with Crippen LogP contribution < -0.4 is 10.9 Å². The minimum Gasteiger partial charge on any atom is -0.293 e. The molecule has 0 fully saturated rings. The van der Waals surface area contributed by atoms with Gasteiger partial charge in [0.1, 0.15) is 5.01 Å². The second-order valence-corrected chi connectivity index (χ2v) is 6.93. The predicted octanol–water partition coefficient (Wildman–Crippen LogP) is 2.29. The number of nitrogens with one attached hydrogen (secondary N) is 2. The van der Waals surface area contributed by atoms with Gasteiger partial charge < -0.3 is 0 Å². The molecule has 2 amide bonds. The monoisotopic (exact) mass is 400 g/mol. The van der Waals surface area contributed by atoms with Gasteiger partial charge in [-0.05, 0) is 25.6 Å². The summed E-state index contributed by atoms with van der Waals surface area (Å²) in [5.74, 6) is -0.964. The van der Waals surface area contributed by atoms with Gasteiger partial charge in [0.15, 0.2) is 0 Å². The number of nitrogens with zero attached hydrogens (tertiary/aromatic N) is 2. The maximum atomic E-state index is 13.0. The van der Waals surface area contributed by atoms with E-state index < -0.39 is 23.6 Å². The Balaban J connectivity index is 1.81. The summed E-state index contributed by atoms with van der Waals surface area (Å²) in [6.07, 6.45) is -4.42. The predicted molar refractivity (Wildman–Crippen MR) is 94.6 cm³/mol. The van der Waals surface area contributed by atoms with Gasteiger partial charge >= 0.3 is 6.18 Å². The molecular weight excluding hydrogens is 381 g/mol. The zero-order valence-corrected chi connectivity index (χ0v) is 15.6. The normalized spacial score (nSPS) is 11.5. The third kappa shape index (κ3) is 6.65. The van der Waals surface area contributed by atoms with Crippen molar-refractivity contribution in [3.8, 4) is 0 Å². The first-order valence-corrected chi connectivity index (χ1v) is 8.85. The van der Waals surface area contributed by atoms with Gasteiger partial charge in [-0.2, -0.15) is 13.2 Å². The van der Waals surface area contributed by atoms with E-state index in [9.17, 15) is 22.8 Å². The Morgan fingerprint density at radius 3 is 2.48 bits per heavy atom. The van der Waals surface area contributed by atoms with Crippen LogP contribution in [0.1, 0.15) is 21.8 Å². The first-order valence-electron chi connectivity index (χ1n) is 7.97. The Bertz CT molecular complexity index is 807. The fraction of sp³-hybridized carbons (Fsp3) is 0.353. The van der Waals surface area contributed by atoms with Gasteiger partial charge in [0, 0.05) is 17.6 Å². The first kappa shape index (κ1) is 20.8. The largest absolute Gasteiger partial charge is 0.416 e. The Hall–Kier alpha value is -2.46. The van der Waals surface area contributed by atoms with Crippen LogP contribution in [0.5, 0.6) is 0 Å². The summed E-state index contributed by atoms with van der Waals surface area (Å²) < 4.78 is 39.0. The van der Waals surface area contributed by atoms with E-state index in [-0.39, 0.29) is 25.1 Å². The zero-order valence-electron chi connectivity index (χ0n) is 14.8. The number of carbonyl (C=O) groups is 2. The van der Waals surface area contributed by atoms with Crippen LogP contribution in [0.2, 0.25) is 0 Å². The van der Waals surface area contributed by atoms with Gasteiger partial charge in [0.05, 0.1) is 18.5 Å². The third-order valence-corrected chi connectivity index (χ3v) is 4.46. The van der Waals surface area contributed by atoms with Crippen molar-refractivity contribution in [2.75, 3.05) is 13.6 Å². The summed E-state index contributed by atoms with van der Waals surface area (Å²) in [5.41, 5.74) is 4.67. The number of aromatic nitrogens is 1. The molecule has 0 bridgehead atoms. The number of rotatable bonds is 6. The van der Waals surface area contributed by atoms with Crippen LogP contribution in [0, 0.1) is 6.92 Å². The molecule has 1 aromatic carbocycles. The van der Waals surface area contributed by atoms with Crippen molar-refractivity contribution in [3.63, 3.8) is 0 Å². The van der Waals surface area contributed by atoms with Crippen LogP contribution in [0.3, 0.4) is 0 Å². The lowest BCUT2D eigenvalue weighted by Crippen LogP contribution is -2.46. The van der Waals surface area contributed by atoms with E-state index in [1.54, 1.807) is 0 Å². The SMILES string of the molecule is Cc1csc(CC(=O)NNC(=O)CN(C)Cc2ccccc2C(F)(F)F)n1. The van der Waals surface area contributed by atoms with E-state index in [0.717, 1.165) is 11.8 Å². The van der Waals surface area contributed by atoms with Crippen LogP contribution in [-0.2, 0) is 28.7 Å². The molecule has 27 heavy (non-hydrogen) atoms. The average molecular weight is 400 g/mol. The number of benzene rings is 1. The van der Waals surface area contributed by atoms with E-state index in [1.165, 1.54) is 41.5 Å². The second-order valence-electron chi connectivity index (χ2n) is 5.98. The summed E-state index contributed by atoms with van der Waals surface area (Å²) in [6.45, 7) is 1.57. The molecule has 0 aliphatic heterocycles. The van der Waals surface area contributed by atoms with E-state index in [2.05, 4.69) is 15.8 Å². The number of carbonyl (C=O) groups excluding carboxylic acids is 2. The van der Waals surface area contributed by atoms with E-state index in [1.807, 2.05) is 12.3 Å². The Morgan fingerprint density at radius 1 is 1.19 bits per heavy atom. The van der Waals surface area contributed by atoms with Crippen molar-refractivity contribution in [3.05, 3.63) is 51.5 Å². The van der Waals surface area contributed by atoms with Crippen molar-refractivity contribution in [1.29, 1.82) is 0 Å². The molecule has 2 N–H and O–H groups in total. The van der Waals surface area contributed by atoms with Gasteiger partial charge in [-0.15, -0.1) is 11.3 Å². The Kier molecular flexibility index (Phi) is 6.92. The molecule has 2 aromatic rings. The van der Waals surface area contributed by atoms with E-state index in [0.29, 0.717) is 5.01 Å². The highest BCUT2D eigenvalue weighted by Gasteiger charge is 2.33. The van der Waals surface area contributed by atoms with Crippen molar-refractivity contribution in [1.82, 2.24) is 20.7 Å².